The molecule has 3 aromatic rings. The standard InChI is InChI=1S/C25H23N3O5S/c1-27(2)34(32,33)20-11-9-19(10-12-20)26-23(29)18-8-13-21-22(16-18)25(31)28(24(21)30)15-14-17-6-4-3-5-7-17/h3-13,16H,14-15H2,1-2H3,(H,26,29). The number of benzene rings is 3. The summed E-state index contributed by atoms with van der Waals surface area (Å²) in [5.41, 5.74) is 2.10. The van der Waals surface area contributed by atoms with E-state index in [1.807, 2.05) is 30.3 Å². The second-order valence-electron chi connectivity index (χ2n) is 8.02. The van der Waals surface area contributed by atoms with Gasteiger partial charge >= 0.3 is 0 Å². The molecule has 8 nitrogen and oxygen atoms in total. The Morgan fingerprint density at radius 3 is 2.18 bits per heavy atom. The summed E-state index contributed by atoms with van der Waals surface area (Å²) in [6.45, 7) is 0.250. The highest BCUT2D eigenvalue weighted by molar-refractivity contribution is 7.89. The third kappa shape index (κ3) is 4.48. The Kier molecular flexibility index (Phi) is 6.32. The van der Waals surface area contributed by atoms with E-state index in [0.717, 1.165) is 9.87 Å². The number of amides is 3. The van der Waals surface area contributed by atoms with Crippen molar-refractivity contribution in [2.75, 3.05) is 26.0 Å². The number of carbonyl (C=O) groups excluding carboxylic acids is 3. The van der Waals surface area contributed by atoms with Gasteiger partial charge in [-0.1, -0.05) is 30.3 Å². The van der Waals surface area contributed by atoms with E-state index in [1.165, 1.54) is 61.5 Å². The first-order valence-electron chi connectivity index (χ1n) is 10.6. The first-order chi connectivity index (χ1) is 16.2. The molecular formula is C25H23N3O5S. The average Bonchev–Trinajstić information content (AvgIpc) is 3.07. The summed E-state index contributed by atoms with van der Waals surface area (Å²) in [6, 6.07) is 19.7. The van der Waals surface area contributed by atoms with Gasteiger partial charge in [0.25, 0.3) is 17.7 Å². The Bertz CT molecular complexity index is 1370. The van der Waals surface area contributed by atoms with Crippen LogP contribution in [0.5, 0.6) is 0 Å². The van der Waals surface area contributed by atoms with Gasteiger partial charge in [-0.25, -0.2) is 12.7 Å². The maximum atomic E-state index is 12.9. The van der Waals surface area contributed by atoms with Gasteiger partial charge < -0.3 is 5.32 Å². The van der Waals surface area contributed by atoms with Crippen LogP contribution in [0.1, 0.15) is 36.6 Å². The Balaban J connectivity index is 1.47. The number of imide groups is 1. The lowest BCUT2D eigenvalue weighted by molar-refractivity contribution is 0.0656. The molecule has 0 aliphatic carbocycles. The van der Waals surface area contributed by atoms with Crippen LogP contribution in [-0.2, 0) is 16.4 Å². The minimum absolute atomic E-state index is 0.104. The molecule has 0 atom stereocenters. The van der Waals surface area contributed by atoms with E-state index < -0.39 is 21.8 Å². The van der Waals surface area contributed by atoms with Gasteiger partial charge in [-0.15, -0.1) is 0 Å². The third-order valence-electron chi connectivity index (χ3n) is 5.59. The molecule has 0 bridgehead atoms. The lowest BCUT2D eigenvalue weighted by Gasteiger charge is -2.13. The predicted octanol–water partition coefficient (Wildman–Crippen LogP) is 3.03. The molecular weight excluding hydrogens is 454 g/mol. The fourth-order valence-electron chi connectivity index (χ4n) is 3.64. The molecule has 0 radical (unpaired) electrons. The number of nitrogens with one attached hydrogen (secondary N) is 1. The number of anilines is 1. The van der Waals surface area contributed by atoms with Crippen molar-refractivity contribution in [1.82, 2.24) is 9.21 Å². The van der Waals surface area contributed by atoms with Gasteiger partial charge in [-0.05, 0) is 54.4 Å². The zero-order chi connectivity index (χ0) is 24.5. The van der Waals surface area contributed by atoms with E-state index in [1.54, 1.807) is 0 Å². The quantitative estimate of drug-likeness (QED) is 0.527. The summed E-state index contributed by atoms with van der Waals surface area (Å²) in [6.07, 6.45) is 0.541. The normalized spacial score (nSPS) is 13.3. The van der Waals surface area contributed by atoms with Gasteiger partial charge in [0.15, 0.2) is 0 Å². The van der Waals surface area contributed by atoms with Crippen molar-refractivity contribution in [2.45, 2.75) is 11.3 Å². The van der Waals surface area contributed by atoms with Gasteiger partial charge in [0.2, 0.25) is 10.0 Å². The van der Waals surface area contributed by atoms with E-state index in [9.17, 15) is 22.8 Å². The van der Waals surface area contributed by atoms with Crippen molar-refractivity contribution in [3.8, 4) is 0 Å². The monoisotopic (exact) mass is 477 g/mol. The van der Waals surface area contributed by atoms with Crippen molar-refractivity contribution >= 4 is 33.4 Å². The van der Waals surface area contributed by atoms with Crippen LogP contribution >= 0.6 is 0 Å². The number of fused-ring (bicyclic) bond motifs is 1. The lowest BCUT2D eigenvalue weighted by atomic mass is 10.1. The highest BCUT2D eigenvalue weighted by Crippen LogP contribution is 2.25. The Morgan fingerprint density at radius 1 is 0.882 bits per heavy atom. The molecule has 0 unspecified atom stereocenters. The van der Waals surface area contributed by atoms with Gasteiger partial charge in [-0.3, -0.25) is 19.3 Å². The summed E-state index contributed by atoms with van der Waals surface area (Å²) in [5, 5.41) is 2.68. The van der Waals surface area contributed by atoms with E-state index in [-0.39, 0.29) is 34.0 Å². The molecule has 1 aliphatic rings. The molecule has 3 amide bonds. The topological polar surface area (TPSA) is 104 Å². The van der Waals surface area contributed by atoms with Crippen LogP contribution in [0, 0.1) is 0 Å². The van der Waals surface area contributed by atoms with Crippen molar-refractivity contribution in [3.63, 3.8) is 0 Å². The second kappa shape index (κ2) is 9.20. The van der Waals surface area contributed by atoms with Crippen molar-refractivity contribution in [1.29, 1.82) is 0 Å². The Labute approximate surface area is 197 Å². The first-order valence-corrected chi connectivity index (χ1v) is 12.0. The molecule has 4 rings (SSSR count). The van der Waals surface area contributed by atoms with Crippen LogP contribution in [0.2, 0.25) is 0 Å². The SMILES string of the molecule is CN(C)S(=O)(=O)c1ccc(NC(=O)c2ccc3c(c2)C(=O)N(CCc2ccccc2)C3=O)cc1. The number of nitrogens with zero attached hydrogens (tertiary/aromatic N) is 2. The van der Waals surface area contributed by atoms with Crippen LogP contribution in [0.4, 0.5) is 5.69 Å². The summed E-state index contributed by atoms with van der Waals surface area (Å²) in [4.78, 5) is 39.6. The minimum atomic E-state index is -3.57. The third-order valence-corrected chi connectivity index (χ3v) is 7.42. The average molecular weight is 478 g/mol. The molecule has 1 N–H and O–H groups in total. The number of hydrogen-bond acceptors (Lipinski definition) is 5. The summed E-state index contributed by atoms with van der Waals surface area (Å²) in [5.74, 6) is -1.28. The molecule has 0 spiro atoms. The lowest BCUT2D eigenvalue weighted by Crippen LogP contribution is -2.31. The zero-order valence-electron chi connectivity index (χ0n) is 18.7. The number of hydrogen-bond donors (Lipinski definition) is 1. The molecule has 1 heterocycles. The fraction of sp³-hybridized carbons (Fsp3) is 0.160. The molecule has 174 valence electrons. The van der Waals surface area contributed by atoms with Crippen molar-refractivity contribution < 1.29 is 22.8 Å². The Hall–Kier alpha value is -3.82. The van der Waals surface area contributed by atoms with E-state index in [0.29, 0.717) is 12.1 Å². The van der Waals surface area contributed by atoms with Crippen LogP contribution < -0.4 is 5.32 Å². The van der Waals surface area contributed by atoms with E-state index >= 15 is 0 Å². The smallest absolute Gasteiger partial charge is 0.261 e. The molecule has 0 saturated heterocycles. The van der Waals surface area contributed by atoms with E-state index in [2.05, 4.69) is 5.32 Å². The summed E-state index contributed by atoms with van der Waals surface area (Å²) >= 11 is 0. The first kappa shape index (κ1) is 23.3. The molecule has 0 saturated carbocycles. The van der Waals surface area contributed by atoms with Crippen molar-refractivity contribution in [3.05, 3.63) is 95.1 Å². The van der Waals surface area contributed by atoms with Crippen molar-refractivity contribution in [2.24, 2.45) is 0 Å². The van der Waals surface area contributed by atoms with E-state index in [4.69, 9.17) is 0 Å². The van der Waals surface area contributed by atoms with Crippen LogP contribution in [-0.4, -0.2) is 56.0 Å². The molecule has 3 aromatic carbocycles. The maximum absolute atomic E-state index is 12.9. The molecule has 0 aromatic heterocycles. The van der Waals surface area contributed by atoms with Crippen LogP contribution in [0.25, 0.3) is 0 Å². The zero-order valence-corrected chi connectivity index (χ0v) is 19.5. The van der Waals surface area contributed by atoms with Gasteiger partial charge in [0.1, 0.15) is 0 Å². The second-order valence-corrected chi connectivity index (χ2v) is 10.2. The largest absolute Gasteiger partial charge is 0.322 e. The fourth-order valence-corrected chi connectivity index (χ4v) is 4.55. The van der Waals surface area contributed by atoms with Gasteiger partial charge in [0, 0.05) is 31.9 Å². The number of rotatable bonds is 7. The molecule has 1 aliphatic heterocycles. The molecule has 34 heavy (non-hydrogen) atoms. The minimum Gasteiger partial charge on any atom is -0.322 e. The molecule has 0 fully saturated rings. The number of sulfonamides is 1. The Morgan fingerprint density at radius 2 is 1.53 bits per heavy atom. The van der Waals surface area contributed by atoms with Gasteiger partial charge in [-0.2, -0.15) is 0 Å². The predicted molar refractivity (Wildman–Crippen MR) is 127 cm³/mol. The summed E-state index contributed by atoms with van der Waals surface area (Å²) in [7, 11) is -0.697. The maximum Gasteiger partial charge on any atom is 0.261 e. The van der Waals surface area contributed by atoms with Crippen LogP contribution in [0.15, 0.2) is 77.7 Å². The molecule has 9 heteroatoms. The highest BCUT2D eigenvalue weighted by atomic mass is 32.2. The van der Waals surface area contributed by atoms with Crippen LogP contribution in [0.3, 0.4) is 0 Å². The summed E-state index contributed by atoms with van der Waals surface area (Å²) < 4.78 is 25.5. The van der Waals surface area contributed by atoms with Gasteiger partial charge in [0.05, 0.1) is 16.0 Å². The number of carbonyl (C=O) groups is 3. The highest BCUT2D eigenvalue weighted by Gasteiger charge is 2.35.